The molecule has 3 saturated heterocycles. The van der Waals surface area contributed by atoms with Crippen LogP contribution >= 0.6 is 0 Å². The summed E-state index contributed by atoms with van der Waals surface area (Å²) in [5, 5.41) is 7.16. The van der Waals surface area contributed by atoms with Crippen LogP contribution in [-0.2, 0) is 4.74 Å². The van der Waals surface area contributed by atoms with Gasteiger partial charge in [0, 0.05) is 60.9 Å². The monoisotopic (exact) mass is 545 g/mol. The summed E-state index contributed by atoms with van der Waals surface area (Å²) in [7, 11) is 0. The van der Waals surface area contributed by atoms with Crippen LogP contribution in [0.5, 0.6) is 6.01 Å². The quantitative estimate of drug-likeness (QED) is 0.378. The van der Waals surface area contributed by atoms with Crippen LogP contribution in [-0.4, -0.2) is 69.2 Å². The second-order valence-corrected chi connectivity index (χ2v) is 11.6. The van der Waals surface area contributed by atoms with E-state index >= 15 is 0 Å². The van der Waals surface area contributed by atoms with Crippen molar-refractivity contribution in [3.05, 3.63) is 53.9 Å². The molecule has 40 heavy (non-hydrogen) atoms. The highest BCUT2D eigenvalue weighted by Crippen LogP contribution is 2.48. The van der Waals surface area contributed by atoms with Crippen LogP contribution in [0, 0.1) is 18.7 Å². The Morgan fingerprint density at radius 2 is 2.02 bits per heavy atom. The van der Waals surface area contributed by atoms with Gasteiger partial charge in [0.25, 0.3) is 5.91 Å². The molecule has 2 atom stereocenters. The van der Waals surface area contributed by atoms with Crippen molar-refractivity contribution in [1.82, 2.24) is 24.7 Å². The van der Waals surface area contributed by atoms with E-state index in [9.17, 15) is 9.18 Å². The normalized spacial score (nSPS) is 25.8. The number of imidazole rings is 1. The van der Waals surface area contributed by atoms with Gasteiger partial charge in [-0.2, -0.15) is 4.98 Å². The van der Waals surface area contributed by atoms with Gasteiger partial charge in [-0.1, -0.05) is 0 Å². The molecule has 1 amide bonds. The summed E-state index contributed by atoms with van der Waals surface area (Å²) in [6.45, 7) is 8.89. The summed E-state index contributed by atoms with van der Waals surface area (Å²) in [6.07, 6.45) is 7.08. The summed E-state index contributed by atoms with van der Waals surface area (Å²) in [5.74, 6) is -0.297. The first kappa shape index (κ1) is 25.2. The maximum absolute atomic E-state index is 14.7. The van der Waals surface area contributed by atoms with Crippen molar-refractivity contribution in [1.29, 1.82) is 0 Å². The molecule has 1 aliphatic carbocycles. The van der Waals surface area contributed by atoms with Gasteiger partial charge in [0.1, 0.15) is 12.2 Å². The molecule has 0 unspecified atom stereocenters. The van der Waals surface area contributed by atoms with Crippen molar-refractivity contribution >= 4 is 33.8 Å². The molecule has 2 N–H and O–H groups in total. The fourth-order valence-corrected chi connectivity index (χ4v) is 6.47. The first-order valence-corrected chi connectivity index (χ1v) is 13.8. The first-order chi connectivity index (χ1) is 19.2. The molecular formula is C29H32FN7O3. The number of carbonyl (C=O) groups is 1. The lowest BCUT2D eigenvalue weighted by Gasteiger charge is -2.38. The van der Waals surface area contributed by atoms with Gasteiger partial charge < -0.3 is 29.4 Å². The largest absolute Gasteiger partial charge is 0.460 e. The van der Waals surface area contributed by atoms with E-state index in [1.807, 2.05) is 6.07 Å². The Labute approximate surface area is 230 Å². The number of aromatic nitrogens is 4. The average Bonchev–Trinajstić information content (AvgIpc) is 3.60. The molecule has 10 nitrogen and oxygen atoms in total. The number of hydrogen-bond donors (Lipinski definition) is 2. The number of nitrogens with one attached hydrogen (secondary N) is 2. The van der Waals surface area contributed by atoms with Gasteiger partial charge in [-0.15, -0.1) is 0 Å². The Kier molecular flexibility index (Phi) is 5.90. The summed E-state index contributed by atoms with van der Waals surface area (Å²) in [5.41, 5.74) is 2.76. The van der Waals surface area contributed by atoms with E-state index in [-0.39, 0.29) is 17.3 Å². The summed E-state index contributed by atoms with van der Waals surface area (Å²) < 4.78 is 28.2. The predicted molar refractivity (Wildman–Crippen MR) is 149 cm³/mol. The topological polar surface area (TPSA) is 106 Å². The third-order valence-corrected chi connectivity index (χ3v) is 8.14. The van der Waals surface area contributed by atoms with Crippen molar-refractivity contribution in [2.45, 2.75) is 51.3 Å². The van der Waals surface area contributed by atoms with E-state index in [0.29, 0.717) is 47.1 Å². The number of carbonyl (C=O) groups excluding carboxylic acids is 1. The molecule has 1 aromatic carbocycles. The van der Waals surface area contributed by atoms with Gasteiger partial charge in [0.15, 0.2) is 11.5 Å². The predicted octanol–water partition coefficient (Wildman–Crippen LogP) is 3.72. The Balaban J connectivity index is 1.24. The molecular weight excluding hydrogens is 513 g/mol. The highest BCUT2D eigenvalue weighted by atomic mass is 19.1. The fraction of sp³-hybridized carbons (Fsp3) is 0.448. The van der Waals surface area contributed by atoms with Crippen molar-refractivity contribution in [2.24, 2.45) is 5.92 Å². The standard InChI is InChI=1S/C29H32FN7O3/c1-16-10-36(11-17(2)32-16)24-5-4-21(27(38)34-20-6-23(30)26-33-18(3)12-37(26)13-20)25-22(24)9-31-28(35-25)39-15-29-7-19(8-29)14-40-29/h4-6,9,12-13,16-17,19,32H,7-8,10-11,14-15H2,1-3H3,(H,34,38)/t16-,17-,19?,29?/m0/s1. The van der Waals surface area contributed by atoms with E-state index in [4.69, 9.17) is 14.5 Å². The number of benzene rings is 1. The third-order valence-electron chi connectivity index (χ3n) is 8.14. The van der Waals surface area contributed by atoms with Crippen molar-refractivity contribution in [2.75, 3.05) is 36.5 Å². The highest BCUT2D eigenvalue weighted by Gasteiger charge is 2.52. The second kappa shape index (κ2) is 9.38. The lowest BCUT2D eigenvalue weighted by atomic mass is 9.75. The SMILES string of the molecule is Cc1cn2cc(NC(=O)c3ccc(N4C[C@H](C)N[C@@H](C)C4)c4cnc(OCC56CC(CO5)C6)nc34)cc(F)c2n1. The van der Waals surface area contributed by atoms with Crippen molar-refractivity contribution in [3.8, 4) is 6.01 Å². The molecule has 4 aromatic rings. The van der Waals surface area contributed by atoms with Gasteiger partial charge >= 0.3 is 6.01 Å². The van der Waals surface area contributed by atoms with Crippen LogP contribution in [0.2, 0.25) is 0 Å². The minimum absolute atomic E-state index is 0.204. The summed E-state index contributed by atoms with van der Waals surface area (Å²) in [4.78, 5) is 29.3. The number of pyridine rings is 1. The molecule has 11 heteroatoms. The van der Waals surface area contributed by atoms with Gasteiger partial charge in [-0.3, -0.25) is 4.79 Å². The number of halogens is 1. The number of fused-ring (bicyclic) bond motifs is 3. The van der Waals surface area contributed by atoms with E-state index in [1.165, 1.54) is 6.07 Å². The molecule has 0 radical (unpaired) electrons. The zero-order valence-corrected chi connectivity index (χ0v) is 22.8. The van der Waals surface area contributed by atoms with Crippen molar-refractivity contribution < 1.29 is 18.7 Å². The molecule has 8 rings (SSSR count). The molecule has 208 valence electrons. The van der Waals surface area contributed by atoms with Crippen LogP contribution in [0.25, 0.3) is 16.6 Å². The van der Waals surface area contributed by atoms with E-state index < -0.39 is 11.7 Å². The molecule has 4 aliphatic rings. The Bertz CT molecular complexity index is 1620. The third kappa shape index (κ3) is 4.43. The summed E-state index contributed by atoms with van der Waals surface area (Å²) >= 11 is 0. The number of piperazine rings is 1. The van der Waals surface area contributed by atoms with Crippen molar-refractivity contribution in [3.63, 3.8) is 0 Å². The summed E-state index contributed by atoms with van der Waals surface area (Å²) in [6, 6.07) is 5.80. The van der Waals surface area contributed by atoms with Crippen LogP contribution in [0.4, 0.5) is 15.8 Å². The molecule has 3 aliphatic heterocycles. The Morgan fingerprint density at radius 1 is 1.23 bits per heavy atom. The van der Waals surface area contributed by atoms with E-state index in [2.05, 4.69) is 39.3 Å². The Morgan fingerprint density at radius 3 is 2.77 bits per heavy atom. The zero-order chi connectivity index (χ0) is 27.6. The molecule has 1 saturated carbocycles. The highest BCUT2D eigenvalue weighted by molar-refractivity contribution is 6.13. The number of nitrogens with zero attached hydrogens (tertiary/aromatic N) is 5. The smallest absolute Gasteiger partial charge is 0.317 e. The number of aryl methyl sites for hydroxylation is 1. The second-order valence-electron chi connectivity index (χ2n) is 11.6. The number of rotatable bonds is 6. The number of hydrogen-bond acceptors (Lipinski definition) is 8. The zero-order valence-electron chi connectivity index (χ0n) is 22.8. The maximum atomic E-state index is 14.7. The molecule has 0 spiro atoms. The number of ether oxygens (including phenoxy) is 2. The number of amides is 1. The lowest BCUT2D eigenvalue weighted by molar-refractivity contribution is -0.0379. The number of anilines is 2. The minimum atomic E-state index is -0.516. The van der Waals surface area contributed by atoms with Crippen LogP contribution in [0.1, 0.15) is 42.7 Å². The molecule has 4 fully saturated rings. The minimum Gasteiger partial charge on any atom is -0.460 e. The first-order valence-electron chi connectivity index (χ1n) is 13.8. The van der Waals surface area contributed by atoms with E-state index in [1.54, 1.807) is 36.0 Å². The average molecular weight is 546 g/mol. The van der Waals surface area contributed by atoms with Crippen LogP contribution in [0.3, 0.4) is 0 Å². The van der Waals surface area contributed by atoms with Gasteiger partial charge in [0.05, 0.1) is 29.1 Å². The molecule has 2 bridgehead atoms. The molecule has 6 heterocycles. The van der Waals surface area contributed by atoms with E-state index in [0.717, 1.165) is 43.6 Å². The maximum Gasteiger partial charge on any atom is 0.317 e. The van der Waals surface area contributed by atoms with Gasteiger partial charge in [0.2, 0.25) is 0 Å². The fourth-order valence-electron chi connectivity index (χ4n) is 6.47. The van der Waals surface area contributed by atoms with Crippen LogP contribution in [0.15, 0.2) is 36.8 Å². The van der Waals surface area contributed by atoms with Crippen LogP contribution < -0.4 is 20.3 Å². The Hall–Kier alpha value is -3.83. The lowest BCUT2D eigenvalue weighted by Crippen LogP contribution is -2.54. The molecule has 3 aromatic heterocycles. The van der Waals surface area contributed by atoms with Gasteiger partial charge in [-0.25, -0.2) is 14.4 Å². The van der Waals surface area contributed by atoms with Gasteiger partial charge in [-0.05, 0) is 51.7 Å².